The second kappa shape index (κ2) is 5.31. The van der Waals surface area contributed by atoms with Crippen LogP contribution in [0.15, 0.2) is 23.1 Å². The first-order valence-electron chi connectivity index (χ1n) is 5.97. The molecule has 1 aliphatic rings. The molecule has 1 saturated heterocycles. The van der Waals surface area contributed by atoms with Crippen LogP contribution in [0.25, 0.3) is 0 Å². The minimum atomic E-state index is -3.88. The van der Waals surface area contributed by atoms with Gasteiger partial charge in [0, 0.05) is 18.1 Å². The predicted molar refractivity (Wildman–Crippen MR) is 72.0 cm³/mol. The molecule has 0 saturated carbocycles. The number of amides is 1. The smallest absolute Gasteiger partial charge is 0.243 e. The predicted octanol–water partition coefficient (Wildman–Crippen LogP) is 1.22. The van der Waals surface area contributed by atoms with Gasteiger partial charge in [-0.15, -0.1) is 0 Å². The molecule has 2 N–H and O–H groups in total. The fourth-order valence-electron chi connectivity index (χ4n) is 2.32. The molecule has 1 aliphatic heterocycles. The summed E-state index contributed by atoms with van der Waals surface area (Å²) in [5, 5.41) is 0.00210. The number of carbonyl (C=O) groups excluding carboxylic acids is 1. The molecule has 20 heavy (non-hydrogen) atoms. The van der Waals surface area contributed by atoms with E-state index < -0.39 is 27.7 Å². The lowest BCUT2D eigenvalue weighted by atomic mass is 9.98. The maximum Gasteiger partial charge on any atom is 0.243 e. The van der Waals surface area contributed by atoms with Gasteiger partial charge in [-0.1, -0.05) is 18.5 Å². The second-order valence-corrected chi connectivity index (χ2v) is 7.29. The molecule has 1 aromatic rings. The van der Waals surface area contributed by atoms with Crippen LogP contribution in [0.2, 0.25) is 5.02 Å². The summed E-state index contributed by atoms with van der Waals surface area (Å²) < 4.78 is 39.2. The number of carbonyl (C=O) groups is 1. The monoisotopic (exact) mass is 320 g/mol. The molecule has 0 aliphatic carbocycles. The third-order valence-electron chi connectivity index (χ3n) is 3.42. The first kappa shape index (κ1) is 15.2. The molecule has 2 rings (SSSR count). The van der Waals surface area contributed by atoms with Crippen LogP contribution in [0.5, 0.6) is 0 Å². The molecule has 1 amide bonds. The quantitative estimate of drug-likeness (QED) is 0.909. The van der Waals surface area contributed by atoms with Crippen molar-refractivity contribution >= 4 is 27.5 Å². The van der Waals surface area contributed by atoms with Gasteiger partial charge in [0.15, 0.2) is 0 Å². The summed E-state index contributed by atoms with van der Waals surface area (Å²) in [5.74, 6) is -1.97. The average Bonchev–Trinajstić information content (AvgIpc) is 2.70. The fourth-order valence-corrected chi connectivity index (χ4v) is 4.23. The standard InChI is InChI=1S/C12H14ClFN2O3S/c1-7-5-16(6-11(7)12(15)17)20(18,19)10-3-8(13)2-9(14)4-10/h2-4,7,11H,5-6H2,1H3,(H2,15,17)/t7-,11-/m1/s1. The number of primary amides is 1. The molecule has 5 nitrogen and oxygen atoms in total. The van der Waals surface area contributed by atoms with E-state index in [-0.39, 0.29) is 28.9 Å². The van der Waals surface area contributed by atoms with Gasteiger partial charge in [-0.25, -0.2) is 12.8 Å². The Morgan fingerprint density at radius 1 is 1.40 bits per heavy atom. The zero-order valence-electron chi connectivity index (χ0n) is 10.7. The van der Waals surface area contributed by atoms with Gasteiger partial charge in [-0.05, 0) is 24.1 Å². The summed E-state index contributed by atoms with van der Waals surface area (Å²) in [7, 11) is -3.88. The zero-order chi connectivity index (χ0) is 15.1. The molecule has 1 aromatic carbocycles. The number of sulfonamides is 1. The van der Waals surface area contributed by atoms with Crippen molar-refractivity contribution in [3.05, 3.63) is 29.0 Å². The topological polar surface area (TPSA) is 80.5 Å². The van der Waals surface area contributed by atoms with Crippen molar-refractivity contribution in [3.8, 4) is 0 Å². The van der Waals surface area contributed by atoms with Gasteiger partial charge in [-0.2, -0.15) is 4.31 Å². The normalized spacial score (nSPS) is 23.9. The van der Waals surface area contributed by atoms with E-state index in [1.165, 1.54) is 6.07 Å². The molecule has 110 valence electrons. The second-order valence-electron chi connectivity index (χ2n) is 4.91. The highest BCUT2D eigenvalue weighted by Gasteiger charge is 2.39. The molecular formula is C12H14ClFN2O3S. The van der Waals surface area contributed by atoms with E-state index >= 15 is 0 Å². The maximum absolute atomic E-state index is 13.3. The fraction of sp³-hybridized carbons (Fsp3) is 0.417. The minimum Gasteiger partial charge on any atom is -0.369 e. The summed E-state index contributed by atoms with van der Waals surface area (Å²) in [6, 6.07) is 3.12. The summed E-state index contributed by atoms with van der Waals surface area (Å²) in [6.07, 6.45) is 0. The minimum absolute atomic E-state index is 0.00210. The third-order valence-corrected chi connectivity index (χ3v) is 5.45. The van der Waals surface area contributed by atoms with Crippen LogP contribution in [-0.2, 0) is 14.8 Å². The number of halogens is 2. The lowest BCUT2D eigenvalue weighted by Gasteiger charge is -2.16. The Hall–Kier alpha value is -1.18. The van der Waals surface area contributed by atoms with E-state index in [2.05, 4.69) is 0 Å². The van der Waals surface area contributed by atoms with Gasteiger partial charge in [0.05, 0.1) is 10.8 Å². The maximum atomic E-state index is 13.3. The van der Waals surface area contributed by atoms with Crippen molar-refractivity contribution in [1.82, 2.24) is 4.31 Å². The Bertz CT molecular complexity index is 630. The highest BCUT2D eigenvalue weighted by Crippen LogP contribution is 2.29. The van der Waals surface area contributed by atoms with Crippen LogP contribution < -0.4 is 5.73 Å². The largest absolute Gasteiger partial charge is 0.369 e. The lowest BCUT2D eigenvalue weighted by Crippen LogP contribution is -2.32. The Morgan fingerprint density at radius 2 is 2.05 bits per heavy atom. The van der Waals surface area contributed by atoms with Crippen LogP contribution >= 0.6 is 11.6 Å². The van der Waals surface area contributed by atoms with Crippen molar-refractivity contribution in [1.29, 1.82) is 0 Å². The van der Waals surface area contributed by atoms with Crippen LogP contribution in [0.1, 0.15) is 6.92 Å². The van der Waals surface area contributed by atoms with Crippen molar-refractivity contribution in [2.24, 2.45) is 17.6 Å². The van der Waals surface area contributed by atoms with E-state index in [0.717, 1.165) is 16.4 Å². The Kier molecular flexibility index (Phi) is 4.04. The molecule has 0 bridgehead atoms. The van der Waals surface area contributed by atoms with Crippen LogP contribution in [-0.4, -0.2) is 31.7 Å². The molecule has 0 radical (unpaired) electrons. The number of hydrogen-bond donors (Lipinski definition) is 1. The Balaban J connectivity index is 2.34. The van der Waals surface area contributed by atoms with Gasteiger partial charge in [0.2, 0.25) is 15.9 Å². The first-order valence-corrected chi connectivity index (χ1v) is 7.79. The molecule has 1 fully saturated rings. The van der Waals surface area contributed by atoms with Gasteiger partial charge in [0.1, 0.15) is 5.82 Å². The van der Waals surface area contributed by atoms with E-state index in [0.29, 0.717) is 0 Å². The van der Waals surface area contributed by atoms with Gasteiger partial charge >= 0.3 is 0 Å². The molecule has 2 atom stereocenters. The molecule has 0 aromatic heterocycles. The highest BCUT2D eigenvalue weighted by atomic mass is 35.5. The number of rotatable bonds is 3. The Morgan fingerprint density at radius 3 is 2.55 bits per heavy atom. The van der Waals surface area contributed by atoms with Crippen molar-refractivity contribution in [2.75, 3.05) is 13.1 Å². The van der Waals surface area contributed by atoms with Crippen LogP contribution in [0.3, 0.4) is 0 Å². The van der Waals surface area contributed by atoms with Crippen molar-refractivity contribution in [3.63, 3.8) is 0 Å². The summed E-state index contributed by atoms with van der Waals surface area (Å²) in [5.41, 5.74) is 5.24. The summed E-state index contributed by atoms with van der Waals surface area (Å²) in [4.78, 5) is 11.0. The third kappa shape index (κ3) is 2.79. The van der Waals surface area contributed by atoms with E-state index in [4.69, 9.17) is 17.3 Å². The summed E-state index contributed by atoms with van der Waals surface area (Å²) >= 11 is 5.67. The van der Waals surface area contributed by atoms with E-state index in [1.807, 2.05) is 0 Å². The zero-order valence-corrected chi connectivity index (χ0v) is 12.3. The van der Waals surface area contributed by atoms with Crippen LogP contribution in [0, 0.1) is 17.7 Å². The highest BCUT2D eigenvalue weighted by molar-refractivity contribution is 7.89. The molecule has 8 heteroatoms. The summed E-state index contributed by atoms with van der Waals surface area (Å²) in [6.45, 7) is 1.93. The van der Waals surface area contributed by atoms with Gasteiger partial charge < -0.3 is 5.73 Å². The SMILES string of the molecule is C[C@@H]1CN(S(=O)(=O)c2cc(F)cc(Cl)c2)C[C@H]1C(N)=O. The average molecular weight is 321 g/mol. The Labute approximate surface area is 121 Å². The number of benzene rings is 1. The number of nitrogens with two attached hydrogens (primary N) is 1. The first-order chi connectivity index (χ1) is 9.21. The lowest BCUT2D eigenvalue weighted by molar-refractivity contribution is -0.122. The van der Waals surface area contributed by atoms with E-state index in [9.17, 15) is 17.6 Å². The molecule has 0 unspecified atom stereocenters. The van der Waals surface area contributed by atoms with Gasteiger partial charge in [0.25, 0.3) is 0 Å². The number of nitrogens with zero attached hydrogens (tertiary/aromatic N) is 1. The van der Waals surface area contributed by atoms with Gasteiger partial charge in [-0.3, -0.25) is 4.79 Å². The number of hydrogen-bond acceptors (Lipinski definition) is 3. The molecule has 0 spiro atoms. The van der Waals surface area contributed by atoms with Crippen LogP contribution in [0.4, 0.5) is 4.39 Å². The van der Waals surface area contributed by atoms with Crippen molar-refractivity contribution < 1.29 is 17.6 Å². The van der Waals surface area contributed by atoms with Crippen molar-refractivity contribution in [2.45, 2.75) is 11.8 Å². The molecule has 1 heterocycles. The van der Waals surface area contributed by atoms with E-state index in [1.54, 1.807) is 6.92 Å². The molecular weight excluding hydrogens is 307 g/mol.